The Morgan fingerprint density at radius 3 is 2.83 bits per heavy atom. The number of halogens is 1. The van der Waals surface area contributed by atoms with E-state index in [1.807, 2.05) is 13.0 Å². The number of carbonyl (C=O) groups is 1. The Morgan fingerprint density at radius 2 is 2.22 bits per heavy atom. The molecule has 0 bridgehead atoms. The molecule has 0 aromatic heterocycles. The smallest absolute Gasteiger partial charge is 0.251 e. The fourth-order valence-electron chi connectivity index (χ4n) is 2.70. The van der Waals surface area contributed by atoms with E-state index in [9.17, 15) is 9.18 Å². The predicted octanol–water partition coefficient (Wildman–Crippen LogP) is 2.12. The number of likely N-dealkylation sites (N-methyl/N-ethyl adjacent to an activating group) is 1. The standard InChI is InChI=1S/C17H25FN2O3/c1-11(12-5-7-15(22-4)14(18)9-12)19-10-13-6-8-16(23-13)17(21)20(2)3/h5,7,9,11,13,16,19H,6,8,10H2,1-4H3/t11-,13+,16+/m0/s1. The van der Waals surface area contributed by atoms with E-state index in [4.69, 9.17) is 9.47 Å². The van der Waals surface area contributed by atoms with Crippen LogP contribution in [0.5, 0.6) is 5.75 Å². The number of nitrogens with zero attached hydrogens (tertiary/aromatic N) is 1. The summed E-state index contributed by atoms with van der Waals surface area (Å²) in [6.07, 6.45) is 1.26. The SMILES string of the molecule is COc1ccc([C@H](C)NC[C@H]2CC[C@H](C(=O)N(C)C)O2)cc1F. The van der Waals surface area contributed by atoms with Crippen molar-refractivity contribution in [3.63, 3.8) is 0 Å². The molecular formula is C17H25FN2O3. The van der Waals surface area contributed by atoms with Crippen LogP contribution in [0.3, 0.4) is 0 Å². The molecule has 1 heterocycles. The van der Waals surface area contributed by atoms with Crippen LogP contribution >= 0.6 is 0 Å². The molecule has 1 fully saturated rings. The van der Waals surface area contributed by atoms with Crippen LogP contribution in [-0.4, -0.2) is 50.8 Å². The largest absolute Gasteiger partial charge is 0.494 e. The minimum absolute atomic E-state index is 0.00875. The summed E-state index contributed by atoms with van der Waals surface area (Å²) >= 11 is 0. The average Bonchev–Trinajstić information content (AvgIpc) is 3.00. The molecule has 5 nitrogen and oxygen atoms in total. The molecule has 6 heteroatoms. The number of methoxy groups -OCH3 is 1. The number of hydrogen-bond donors (Lipinski definition) is 1. The van der Waals surface area contributed by atoms with Crippen LogP contribution in [0.1, 0.15) is 31.4 Å². The molecular weight excluding hydrogens is 299 g/mol. The van der Waals surface area contributed by atoms with Crippen molar-refractivity contribution < 1.29 is 18.7 Å². The third-order valence-electron chi connectivity index (χ3n) is 4.15. The van der Waals surface area contributed by atoms with E-state index >= 15 is 0 Å². The normalized spacial score (nSPS) is 22.0. The highest BCUT2D eigenvalue weighted by Gasteiger charge is 2.31. The van der Waals surface area contributed by atoms with Crippen molar-refractivity contribution in [3.05, 3.63) is 29.6 Å². The molecule has 2 rings (SSSR count). The summed E-state index contributed by atoms with van der Waals surface area (Å²) in [6.45, 7) is 2.60. The van der Waals surface area contributed by atoms with Gasteiger partial charge >= 0.3 is 0 Å². The van der Waals surface area contributed by atoms with Gasteiger partial charge in [0, 0.05) is 26.7 Å². The second kappa shape index (κ2) is 7.75. The first-order valence-electron chi connectivity index (χ1n) is 7.85. The quantitative estimate of drug-likeness (QED) is 0.871. The van der Waals surface area contributed by atoms with Crippen molar-refractivity contribution in [2.24, 2.45) is 0 Å². The van der Waals surface area contributed by atoms with Crippen LogP contribution in [0.4, 0.5) is 4.39 Å². The predicted molar refractivity (Wildman–Crippen MR) is 86.0 cm³/mol. The van der Waals surface area contributed by atoms with E-state index in [0.29, 0.717) is 6.54 Å². The summed E-state index contributed by atoms with van der Waals surface area (Å²) in [5.74, 6) is -0.115. The molecule has 0 aliphatic carbocycles. The van der Waals surface area contributed by atoms with E-state index in [-0.39, 0.29) is 35.7 Å². The van der Waals surface area contributed by atoms with E-state index in [1.165, 1.54) is 13.2 Å². The van der Waals surface area contributed by atoms with Crippen molar-refractivity contribution >= 4 is 5.91 Å². The van der Waals surface area contributed by atoms with Crippen molar-refractivity contribution in [2.45, 2.75) is 38.0 Å². The van der Waals surface area contributed by atoms with Gasteiger partial charge in [-0.15, -0.1) is 0 Å². The molecule has 0 unspecified atom stereocenters. The maximum Gasteiger partial charge on any atom is 0.251 e. The molecule has 1 amide bonds. The Labute approximate surface area is 136 Å². The lowest BCUT2D eigenvalue weighted by Crippen LogP contribution is -2.35. The monoisotopic (exact) mass is 324 g/mol. The summed E-state index contributed by atoms with van der Waals surface area (Å²) in [5, 5.41) is 3.34. The van der Waals surface area contributed by atoms with E-state index < -0.39 is 0 Å². The lowest BCUT2D eigenvalue weighted by Gasteiger charge is -2.20. The zero-order valence-electron chi connectivity index (χ0n) is 14.1. The first kappa shape index (κ1) is 17.7. The van der Waals surface area contributed by atoms with Gasteiger partial charge in [-0.2, -0.15) is 0 Å². The third kappa shape index (κ3) is 4.42. The Bertz CT molecular complexity index is 551. The lowest BCUT2D eigenvalue weighted by atomic mass is 10.1. The molecule has 1 aliphatic rings. The van der Waals surface area contributed by atoms with Crippen LogP contribution in [0.25, 0.3) is 0 Å². The Morgan fingerprint density at radius 1 is 1.48 bits per heavy atom. The first-order chi connectivity index (χ1) is 10.9. The number of hydrogen-bond acceptors (Lipinski definition) is 4. The van der Waals surface area contributed by atoms with Gasteiger partial charge in [-0.25, -0.2) is 4.39 Å². The Hall–Kier alpha value is -1.66. The zero-order valence-corrected chi connectivity index (χ0v) is 14.1. The number of amides is 1. The van der Waals surface area contributed by atoms with Gasteiger partial charge in [0.2, 0.25) is 0 Å². The second-order valence-electron chi connectivity index (χ2n) is 6.08. The summed E-state index contributed by atoms with van der Waals surface area (Å²) < 4.78 is 24.5. The summed E-state index contributed by atoms with van der Waals surface area (Å²) in [5.41, 5.74) is 0.849. The first-order valence-corrected chi connectivity index (χ1v) is 7.85. The van der Waals surface area contributed by atoms with Gasteiger partial charge in [-0.3, -0.25) is 4.79 Å². The van der Waals surface area contributed by atoms with E-state index in [1.54, 1.807) is 25.1 Å². The van der Waals surface area contributed by atoms with Crippen LogP contribution in [0.2, 0.25) is 0 Å². The molecule has 1 saturated heterocycles. The number of benzene rings is 1. The van der Waals surface area contributed by atoms with Gasteiger partial charge in [-0.1, -0.05) is 6.07 Å². The van der Waals surface area contributed by atoms with Crippen molar-refractivity contribution in [2.75, 3.05) is 27.7 Å². The maximum absolute atomic E-state index is 13.7. The van der Waals surface area contributed by atoms with Crippen molar-refractivity contribution in [3.8, 4) is 5.75 Å². The van der Waals surface area contributed by atoms with Gasteiger partial charge in [0.05, 0.1) is 13.2 Å². The second-order valence-corrected chi connectivity index (χ2v) is 6.08. The highest BCUT2D eigenvalue weighted by atomic mass is 19.1. The van der Waals surface area contributed by atoms with Crippen molar-refractivity contribution in [1.82, 2.24) is 10.2 Å². The van der Waals surface area contributed by atoms with Crippen LogP contribution in [0.15, 0.2) is 18.2 Å². The van der Waals surface area contributed by atoms with Gasteiger partial charge in [-0.05, 0) is 37.5 Å². The van der Waals surface area contributed by atoms with Gasteiger partial charge < -0.3 is 19.7 Å². The minimum Gasteiger partial charge on any atom is -0.494 e. The maximum atomic E-state index is 13.7. The topological polar surface area (TPSA) is 50.8 Å². The fourth-order valence-corrected chi connectivity index (χ4v) is 2.70. The summed E-state index contributed by atoms with van der Waals surface area (Å²) in [7, 11) is 4.91. The average molecular weight is 324 g/mol. The number of rotatable bonds is 6. The van der Waals surface area contributed by atoms with Gasteiger partial charge in [0.15, 0.2) is 11.6 Å². The summed E-state index contributed by atoms with van der Waals surface area (Å²) in [4.78, 5) is 13.4. The van der Waals surface area contributed by atoms with Crippen molar-refractivity contribution in [1.29, 1.82) is 0 Å². The highest BCUT2D eigenvalue weighted by molar-refractivity contribution is 5.80. The Balaban J connectivity index is 1.84. The number of ether oxygens (including phenoxy) is 2. The molecule has 23 heavy (non-hydrogen) atoms. The highest BCUT2D eigenvalue weighted by Crippen LogP contribution is 2.23. The summed E-state index contributed by atoms with van der Waals surface area (Å²) in [6, 6.07) is 4.93. The van der Waals surface area contributed by atoms with E-state index in [2.05, 4.69) is 5.32 Å². The molecule has 0 spiro atoms. The molecule has 128 valence electrons. The molecule has 0 saturated carbocycles. The van der Waals surface area contributed by atoms with Crippen LogP contribution in [0, 0.1) is 5.82 Å². The molecule has 1 aliphatic heterocycles. The molecule has 1 N–H and O–H groups in total. The lowest BCUT2D eigenvalue weighted by molar-refractivity contribution is -0.140. The molecule has 3 atom stereocenters. The van der Waals surface area contributed by atoms with Crippen LogP contribution in [-0.2, 0) is 9.53 Å². The van der Waals surface area contributed by atoms with Gasteiger partial charge in [0.25, 0.3) is 5.91 Å². The molecule has 1 aromatic rings. The third-order valence-corrected chi connectivity index (χ3v) is 4.15. The molecule has 1 aromatic carbocycles. The number of nitrogens with one attached hydrogen (secondary N) is 1. The fraction of sp³-hybridized carbons (Fsp3) is 0.588. The Kier molecular flexibility index (Phi) is 5.96. The van der Waals surface area contributed by atoms with Crippen LogP contribution < -0.4 is 10.1 Å². The zero-order chi connectivity index (χ0) is 17.0. The molecule has 0 radical (unpaired) electrons. The van der Waals surface area contributed by atoms with Gasteiger partial charge in [0.1, 0.15) is 6.10 Å². The van der Waals surface area contributed by atoms with E-state index in [0.717, 1.165) is 18.4 Å². The minimum atomic E-state index is -0.368. The number of carbonyl (C=O) groups excluding carboxylic acids is 1.